The molecule has 6 nitrogen and oxygen atoms in total. The highest BCUT2D eigenvalue weighted by Crippen LogP contribution is 2.10. The smallest absolute Gasteiger partial charge is 0.333 e. The van der Waals surface area contributed by atoms with Gasteiger partial charge in [-0.05, 0) is 13.3 Å². The number of nitrogens with zero attached hydrogens (tertiary/aromatic N) is 1. The van der Waals surface area contributed by atoms with E-state index < -0.39 is 0 Å². The lowest BCUT2D eigenvalue weighted by molar-refractivity contribution is -0.136. The van der Waals surface area contributed by atoms with Crippen LogP contribution in [0.5, 0.6) is 0 Å². The highest BCUT2D eigenvalue weighted by molar-refractivity contribution is 5.88. The number of ether oxygens (including phenoxy) is 2. The van der Waals surface area contributed by atoms with Gasteiger partial charge in [-0.15, -0.1) is 0 Å². The minimum atomic E-state index is -0.310. The SMILES string of the molecule is CCNC(=O)C1COCCN1C/C=C(/CC)C(=O)OC. The second-order valence-corrected chi connectivity index (χ2v) is 4.55. The Balaban J connectivity index is 2.68. The van der Waals surface area contributed by atoms with Crippen molar-refractivity contribution < 1.29 is 19.1 Å². The summed E-state index contributed by atoms with van der Waals surface area (Å²) >= 11 is 0. The fourth-order valence-electron chi connectivity index (χ4n) is 2.12. The number of rotatable bonds is 6. The second kappa shape index (κ2) is 8.71. The molecule has 1 saturated heterocycles. The molecule has 1 rings (SSSR count). The Hall–Kier alpha value is -1.40. The summed E-state index contributed by atoms with van der Waals surface area (Å²) in [5.41, 5.74) is 0.633. The van der Waals surface area contributed by atoms with Crippen molar-refractivity contribution in [1.82, 2.24) is 10.2 Å². The normalized spacial score (nSPS) is 20.6. The van der Waals surface area contributed by atoms with Gasteiger partial charge < -0.3 is 14.8 Å². The molecule has 1 aliphatic heterocycles. The van der Waals surface area contributed by atoms with Crippen LogP contribution in [0.25, 0.3) is 0 Å². The van der Waals surface area contributed by atoms with Gasteiger partial charge in [0, 0.05) is 25.2 Å². The van der Waals surface area contributed by atoms with Gasteiger partial charge in [-0.2, -0.15) is 0 Å². The van der Waals surface area contributed by atoms with Crippen LogP contribution in [0.1, 0.15) is 20.3 Å². The summed E-state index contributed by atoms with van der Waals surface area (Å²) in [5, 5.41) is 2.81. The third kappa shape index (κ3) is 4.61. The Morgan fingerprint density at radius 1 is 1.45 bits per heavy atom. The van der Waals surface area contributed by atoms with Crippen LogP contribution in [0.3, 0.4) is 0 Å². The lowest BCUT2D eigenvalue weighted by Gasteiger charge is -2.33. The van der Waals surface area contributed by atoms with Gasteiger partial charge >= 0.3 is 5.97 Å². The second-order valence-electron chi connectivity index (χ2n) is 4.55. The molecule has 0 aromatic rings. The van der Waals surface area contributed by atoms with E-state index in [2.05, 4.69) is 5.32 Å². The number of esters is 1. The first-order valence-electron chi connectivity index (χ1n) is 7.00. The first-order valence-corrected chi connectivity index (χ1v) is 7.00. The van der Waals surface area contributed by atoms with Crippen LogP contribution in [0.15, 0.2) is 11.6 Å². The molecule has 1 N–H and O–H groups in total. The Morgan fingerprint density at radius 3 is 2.80 bits per heavy atom. The maximum atomic E-state index is 12.0. The highest BCUT2D eigenvalue weighted by atomic mass is 16.5. The zero-order chi connectivity index (χ0) is 15.0. The minimum Gasteiger partial charge on any atom is -0.466 e. The summed E-state index contributed by atoms with van der Waals surface area (Å²) in [7, 11) is 1.37. The number of carbonyl (C=O) groups excluding carboxylic acids is 2. The number of hydrogen-bond acceptors (Lipinski definition) is 5. The summed E-state index contributed by atoms with van der Waals surface area (Å²) in [5.74, 6) is -0.341. The van der Waals surface area contributed by atoms with Crippen LogP contribution in [-0.2, 0) is 19.1 Å². The molecule has 6 heteroatoms. The molecular formula is C14H24N2O4. The summed E-state index contributed by atoms with van der Waals surface area (Å²) in [4.78, 5) is 25.5. The van der Waals surface area contributed by atoms with Crippen molar-refractivity contribution >= 4 is 11.9 Å². The van der Waals surface area contributed by atoms with Crippen molar-refractivity contribution in [3.63, 3.8) is 0 Å². The average Bonchev–Trinajstić information content (AvgIpc) is 2.48. The number of hydrogen-bond donors (Lipinski definition) is 1. The number of methoxy groups -OCH3 is 1. The van der Waals surface area contributed by atoms with E-state index in [4.69, 9.17) is 9.47 Å². The summed E-state index contributed by atoms with van der Waals surface area (Å²) in [6.45, 7) is 6.60. The van der Waals surface area contributed by atoms with E-state index in [1.165, 1.54) is 7.11 Å². The standard InChI is InChI=1S/C14H24N2O4/c1-4-11(14(18)19-3)6-7-16-8-9-20-10-12(16)13(17)15-5-2/h6,12H,4-5,7-10H2,1-3H3,(H,15,17)/b11-6-. The molecule has 1 atom stereocenters. The minimum absolute atomic E-state index is 0.0308. The molecule has 0 aliphatic carbocycles. The van der Waals surface area contributed by atoms with Gasteiger partial charge in [0.2, 0.25) is 5.91 Å². The predicted molar refractivity (Wildman–Crippen MR) is 75.3 cm³/mol. The third-order valence-corrected chi connectivity index (χ3v) is 3.29. The Kier molecular flexibility index (Phi) is 7.25. The predicted octanol–water partition coefficient (Wildman–Crippen LogP) is 0.333. The zero-order valence-electron chi connectivity index (χ0n) is 12.5. The van der Waals surface area contributed by atoms with E-state index in [-0.39, 0.29) is 17.9 Å². The molecule has 0 aromatic carbocycles. The van der Waals surface area contributed by atoms with Crippen LogP contribution in [0.2, 0.25) is 0 Å². The van der Waals surface area contributed by atoms with Crippen LogP contribution in [0, 0.1) is 0 Å². The number of nitrogens with one attached hydrogen (secondary N) is 1. The van der Waals surface area contributed by atoms with Crippen LogP contribution < -0.4 is 5.32 Å². The van der Waals surface area contributed by atoms with Crippen LogP contribution in [-0.4, -0.2) is 62.8 Å². The van der Waals surface area contributed by atoms with Crippen molar-refractivity contribution in [3.05, 3.63) is 11.6 Å². The van der Waals surface area contributed by atoms with Gasteiger partial charge in [-0.3, -0.25) is 9.69 Å². The molecule has 1 aliphatic rings. The average molecular weight is 284 g/mol. The third-order valence-electron chi connectivity index (χ3n) is 3.29. The van der Waals surface area contributed by atoms with Gasteiger partial charge in [0.25, 0.3) is 0 Å². The highest BCUT2D eigenvalue weighted by Gasteiger charge is 2.28. The topological polar surface area (TPSA) is 67.9 Å². The molecule has 1 fully saturated rings. The van der Waals surface area contributed by atoms with Gasteiger partial charge in [0.05, 0.1) is 20.3 Å². The van der Waals surface area contributed by atoms with Crippen LogP contribution >= 0.6 is 0 Å². The number of morpholine rings is 1. The lowest BCUT2D eigenvalue weighted by atomic mass is 10.1. The molecule has 0 radical (unpaired) electrons. The monoisotopic (exact) mass is 284 g/mol. The maximum Gasteiger partial charge on any atom is 0.333 e. The fraction of sp³-hybridized carbons (Fsp3) is 0.714. The number of likely N-dealkylation sites (N-methyl/N-ethyl adjacent to an activating group) is 1. The Labute approximate surface area is 120 Å². The van der Waals surface area contributed by atoms with Gasteiger partial charge in [-0.1, -0.05) is 13.0 Å². The van der Waals surface area contributed by atoms with E-state index in [1.54, 1.807) is 0 Å². The van der Waals surface area contributed by atoms with Crippen molar-refractivity contribution in [1.29, 1.82) is 0 Å². The van der Waals surface area contributed by atoms with Gasteiger partial charge in [0.1, 0.15) is 6.04 Å². The van der Waals surface area contributed by atoms with Crippen molar-refractivity contribution in [2.45, 2.75) is 26.3 Å². The summed E-state index contributed by atoms with van der Waals surface area (Å²) < 4.78 is 10.1. The lowest BCUT2D eigenvalue weighted by Crippen LogP contribution is -2.53. The summed E-state index contributed by atoms with van der Waals surface area (Å²) in [6.07, 6.45) is 2.45. The van der Waals surface area contributed by atoms with E-state index in [0.29, 0.717) is 44.8 Å². The number of amides is 1. The zero-order valence-corrected chi connectivity index (χ0v) is 12.5. The first-order chi connectivity index (χ1) is 9.63. The molecule has 0 bridgehead atoms. The summed E-state index contributed by atoms with van der Waals surface area (Å²) in [6, 6.07) is -0.296. The molecule has 1 amide bonds. The van der Waals surface area contributed by atoms with Crippen molar-refractivity contribution in [3.8, 4) is 0 Å². The Morgan fingerprint density at radius 2 is 2.20 bits per heavy atom. The molecular weight excluding hydrogens is 260 g/mol. The molecule has 1 heterocycles. The van der Waals surface area contributed by atoms with E-state index in [0.717, 1.165) is 0 Å². The fourth-order valence-corrected chi connectivity index (χ4v) is 2.12. The quantitative estimate of drug-likeness (QED) is 0.562. The molecule has 1 unspecified atom stereocenters. The van der Waals surface area contributed by atoms with E-state index >= 15 is 0 Å². The Bertz CT molecular complexity index is 368. The maximum absolute atomic E-state index is 12.0. The van der Waals surface area contributed by atoms with E-state index in [9.17, 15) is 9.59 Å². The molecule has 0 saturated carbocycles. The largest absolute Gasteiger partial charge is 0.466 e. The van der Waals surface area contributed by atoms with E-state index in [1.807, 2.05) is 24.8 Å². The van der Waals surface area contributed by atoms with Gasteiger partial charge in [0.15, 0.2) is 0 Å². The first kappa shape index (κ1) is 16.7. The molecule has 0 spiro atoms. The van der Waals surface area contributed by atoms with Crippen LogP contribution in [0.4, 0.5) is 0 Å². The van der Waals surface area contributed by atoms with Crippen molar-refractivity contribution in [2.75, 3.05) is 40.0 Å². The molecule has 114 valence electrons. The molecule has 20 heavy (non-hydrogen) atoms. The number of carbonyl (C=O) groups is 2. The molecule has 0 aromatic heterocycles. The van der Waals surface area contributed by atoms with Gasteiger partial charge in [-0.25, -0.2) is 4.79 Å². The van der Waals surface area contributed by atoms with Crippen molar-refractivity contribution in [2.24, 2.45) is 0 Å².